The van der Waals surface area contributed by atoms with E-state index >= 15 is 0 Å². The molecule has 8 heteroatoms. The molecule has 0 fully saturated rings. The normalized spacial score (nSPS) is 16.7. The molecule has 152 valence electrons. The number of aryl methyl sites for hydroxylation is 1. The van der Waals surface area contributed by atoms with Crippen LogP contribution in [0.2, 0.25) is 13.1 Å². The molecule has 2 aromatic rings. The summed E-state index contributed by atoms with van der Waals surface area (Å²) < 4.78 is 8.34. The summed E-state index contributed by atoms with van der Waals surface area (Å²) in [6.45, 7) is 17.4. The third-order valence-corrected chi connectivity index (χ3v) is 6.92. The van der Waals surface area contributed by atoms with Crippen LogP contribution in [-0.2, 0) is 11.3 Å². The summed E-state index contributed by atoms with van der Waals surface area (Å²) in [4.78, 5) is 12.6. The zero-order valence-corrected chi connectivity index (χ0v) is 19.1. The first-order chi connectivity index (χ1) is 12.3. The van der Waals surface area contributed by atoms with Gasteiger partial charge in [-0.05, 0) is 32.6 Å². The zero-order chi connectivity index (χ0) is 20.6. The molecule has 0 amide bonds. The van der Waals surface area contributed by atoms with Crippen LogP contribution in [0.15, 0.2) is 12.7 Å². The van der Waals surface area contributed by atoms with Crippen molar-refractivity contribution in [1.29, 1.82) is 0 Å². The van der Waals surface area contributed by atoms with Gasteiger partial charge in [0.05, 0.1) is 32.1 Å². The van der Waals surface area contributed by atoms with Crippen LogP contribution in [-0.4, -0.2) is 50.4 Å². The smallest absolute Gasteiger partial charge is 0.165 e. The van der Waals surface area contributed by atoms with Crippen molar-refractivity contribution in [3.63, 3.8) is 0 Å². The Balaban J connectivity index is 2.36. The molecule has 0 aromatic carbocycles. The van der Waals surface area contributed by atoms with E-state index in [1.54, 1.807) is 6.33 Å². The van der Waals surface area contributed by atoms with Crippen molar-refractivity contribution in [2.45, 2.75) is 84.5 Å². The maximum Gasteiger partial charge on any atom is 0.165 e. The van der Waals surface area contributed by atoms with Gasteiger partial charge in [-0.1, -0.05) is 33.9 Å². The minimum absolute atomic E-state index is 0.174. The van der Waals surface area contributed by atoms with E-state index in [0.29, 0.717) is 29.9 Å². The molecule has 2 heterocycles. The zero-order valence-electron chi connectivity index (χ0n) is 17.9. The minimum atomic E-state index is -1.32. The largest absolute Gasteiger partial charge is 0.387 e. The highest BCUT2D eigenvalue weighted by molar-refractivity contribution is 6.57. The molecule has 7 nitrogen and oxygen atoms in total. The summed E-state index contributed by atoms with van der Waals surface area (Å²) in [7, 11) is -1.32. The number of hydrogen-bond acceptors (Lipinski definition) is 6. The summed E-state index contributed by atoms with van der Waals surface area (Å²) in [6.07, 6.45) is 3.70. The number of rotatable bonds is 6. The molecule has 0 spiro atoms. The van der Waals surface area contributed by atoms with Gasteiger partial charge in [0.25, 0.3) is 0 Å². The number of imidazole rings is 1. The van der Waals surface area contributed by atoms with Gasteiger partial charge < -0.3 is 20.1 Å². The predicted octanol–water partition coefficient (Wildman–Crippen LogP) is 2.79. The molecule has 0 aliphatic carbocycles. The van der Waals surface area contributed by atoms with Crippen LogP contribution in [0.25, 0.3) is 11.2 Å². The van der Waals surface area contributed by atoms with Crippen LogP contribution in [0.1, 0.15) is 48.0 Å². The highest BCUT2D eigenvalue weighted by Gasteiger charge is 2.49. The Morgan fingerprint density at radius 3 is 2.30 bits per heavy atom. The number of fused-ring (bicyclic) bond motifs is 1. The van der Waals surface area contributed by atoms with E-state index in [0.717, 1.165) is 0 Å². The number of aromatic nitrogens is 4. The second kappa shape index (κ2) is 7.48. The van der Waals surface area contributed by atoms with Crippen molar-refractivity contribution >= 4 is 25.8 Å². The average Bonchev–Trinajstić information content (AvgIpc) is 2.93. The van der Waals surface area contributed by atoms with Gasteiger partial charge in [0.15, 0.2) is 11.5 Å². The molecular weight excluding hydrogens is 358 g/mol. The summed E-state index contributed by atoms with van der Waals surface area (Å²) >= 11 is 0. The molecular formula is C19H35N5O2Si. The molecule has 0 aliphatic heterocycles. The summed E-state index contributed by atoms with van der Waals surface area (Å²) in [5, 5.41) is 11.9. The number of ether oxygens (including phenoxy) is 1. The third-order valence-electron chi connectivity index (χ3n) is 5.02. The summed E-state index contributed by atoms with van der Waals surface area (Å²) in [5.74, 6) is 0.369. The van der Waals surface area contributed by atoms with Gasteiger partial charge in [-0.15, -0.1) is 0 Å². The van der Waals surface area contributed by atoms with Gasteiger partial charge in [0, 0.05) is 6.54 Å². The first-order valence-electron chi connectivity index (χ1n) is 9.58. The lowest BCUT2D eigenvalue weighted by molar-refractivity contribution is -0.173. The van der Waals surface area contributed by atoms with E-state index in [2.05, 4.69) is 48.8 Å². The fourth-order valence-electron chi connectivity index (χ4n) is 3.46. The molecule has 2 aromatic heterocycles. The van der Waals surface area contributed by atoms with Gasteiger partial charge in [-0.2, -0.15) is 0 Å². The van der Waals surface area contributed by atoms with E-state index in [1.165, 1.54) is 6.33 Å². The second-order valence-electron chi connectivity index (χ2n) is 9.69. The highest BCUT2D eigenvalue weighted by Crippen LogP contribution is 2.40. The Hall–Kier alpha value is -1.51. The lowest BCUT2D eigenvalue weighted by Gasteiger charge is -2.49. The second-order valence-corrected chi connectivity index (χ2v) is 12.8. The van der Waals surface area contributed by atoms with Gasteiger partial charge >= 0.3 is 0 Å². The fourth-order valence-corrected chi connectivity index (χ4v) is 5.91. The van der Waals surface area contributed by atoms with Crippen LogP contribution >= 0.6 is 0 Å². The number of hydrogen-bond donors (Lipinski definition) is 2. The van der Waals surface area contributed by atoms with Crippen molar-refractivity contribution in [2.75, 3.05) is 5.73 Å². The van der Waals surface area contributed by atoms with E-state index in [1.807, 2.05) is 25.3 Å². The minimum Gasteiger partial charge on any atom is -0.387 e. The highest BCUT2D eigenvalue weighted by atomic mass is 28.3. The third kappa shape index (κ3) is 4.67. The topological polar surface area (TPSA) is 99.1 Å². The Bertz CT molecular complexity index is 778. The molecule has 0 aliphatic rings. The van der Waals surface area contributed by atoms with Crippen LogP contribution in [0, 0.1) is 5.41 Å². The number of anilines is 1. The van der Waals surface area contributed by atoms with Crippen molar-refractivity contribution < 1.29 is 9.84 Å². The number of aliphatic hydroxyl groups is 1. The molecule has 2 atom stereocenters. The molecule has 3 N–H and O–H groups in total. The molecule has 2 unspecified atom stereocenters. The van der Waals surface area contributed by atoms with E-state index < -0.39 is 14.4 Å². The van der Waals surface area contributed by atoms with Gasteiger partial charge in [0.2, 0.25) is 0 Å². The van der Waals surface area contributed by atoms with Gasteiger partial charge in [0.1, 0.15) is 11.8 Å². The van der Waals surface area contributed by atoms with Gasteiger partial charge in [-0.25, -0.2) is 15.0 Å². The number of nitrogens with two attached hydrogens (primary N) is 1. The SMILES string of the molecule is C[SiH](C)C(OC(C)(C)C)C(O)(CCn1cnc2c(N)ncnc21)C(C)(C)C. The van der Waals surface area contributed by atoms with Crippen molar-refractivity contribution in [3.8, 4) is 0 Å². The van der Waals surface area contributed by atoms with Gasteiger partial charge in [-0.3, -0.25) is 0 Å². The Morgan fingerprint density at radius 2 is 1.78 bits per heavy atom. The fraction of sp³-hybridized carbons (Fsp3) is 0.737. The van der Waals surface area contributed by atoms with Crippen LogP contribution in [0.3, 0.4) is 0 Å². The quantitative estimate of drug-likeness (QED) is 0.732. The summed E-state index contributed by atoms with van der Waals surface area (Å²) in [6, 6.07) is 0. The van der Waals surface area contributed by atoms with Crippen LogP contribution in [0.5, 0.6) is 0 Å². The molecule has 0 saturated carbocycles. The van der Waals surface area contributed by atoms with E-state index in [-0.39, 0.29) is 16.7 Å². The molecule has 27 heavy (non-hydrogen) atoms. The number of nitrogens with zero attached hydrogens (tertiary/aromatic N) is 4. The van der Waals surface area contributed by atoms with Crippen LogP contribution < -0.4 is 5.73 Å². The van der Waals surface area contributed by atoms with Crippen molar-refractivity contribution in [1.82, 2.24) is 19.5 Å². The summed E-state index contributed by atoms with van der Waals surface area (Å²) in [5.41, 5.74) is 5.36. The van der Waals surface area contributed by atoms with Crippen LogP contribution in [0.4, 0.5) is 5.82 Å². The van der Waals surface area contributed by atoms with Crippen molar-refractivity contribution in [3.05, 3.63) is 12.7 Å². The van der Waals surface area contributed by atoms with E-state index in [9.17, 15) is 5.11 Å². The predicted molar refractivity (Wildman–Crippen MR) is 112 cm³/mol. The number of nitrogen functional groups attached to an aromatic ring is 1. The first kappa shape index (κ1) is 21.8. The standard InChI is InChI=1S/C19H35N5O2Si/c1-17(2,3)19(25,16(27(7)8)26-18(4,5)6)9-10-24-12-23-13-14(20)21-11-22-15(13)24/h11-12,16,25,27H,9-10H2,1-8H3,(H2,20,21,22). The molecule has 2 rings (SSSR count). The molecule has 0 saturated heterocycles. The Kier molecular flexibility index (Phi) is 6.04. The van der Waals surface area contributed by atoms with E-state index in [4.69, 9.17) is 10.5 Å². The Morgan fingerprint density at radius 1 is 1.15 bits per heavy atom. The maximum atomic E-state index is 11.9. The average molecular weight is 394 g/mol. The van der Waals surface area contributed by atoms with Crippen molar-refractivity contribution in [2.24, 2.45) is 5.41 Å². The first-order valence-corrected chi connectivity index (χ1v) is 12.6. The maximum absolute atomic E-state index is 11.9. The molecule has 0 radical (unpaired) electrons. The lowest BCUT2D eigenvalue weighted by Crippen LogP contribution is -2.60. The Labute approximate surface area is 164 Å². The monoisotopic (exact) mass is 393 g/mol. The lowest BCUT2D eigenvalue weighted by atomic mass is 9.74. The molecule has 0 bridgehead atoms.